The van der Waals surface area contributed by atoms with E-state index in [1.165, 1.54) is 6.07 Å². The molecule has 0 spiro atoms. The number of ether oxygens (including phenoxy) is 1. The molecule has 2 N–H and O–H groups in total. The molecule has 2 aromatic heterocycles. The number of nitrogens with one attached hydrogen (secondary N) is 2. The third kappa shape index (κ3) is 4.86. The maximum absolute atomic E-state index is 13.7. The number of aromatic nitrogens is 3. The first kappa shape index (κ1) is 24.4. The van der Waals surface area contributed by atoms with Crippen LogP contribution in [0.4, 0.5) is 17.6 Å². The van der Waals surface area contributed by atoms with Gasteiger partial charge in [-0.05, 0) is 61.7 Å². The van der Waals surface area contributed by atoms with Crippen LogP contribution in [0, 0.1) is 12.7 Å². The normalized spacial score (nSPS) is 22.8. The van der Waals surface area contributed by atoms with Crippen molar-refractivity contribution in [3.05, 3.63) is 77.3 Å². The van der Waals surface area contributed by atoms with Crippen molar-refractivity contribution in [1.29, 1.82) is 0 Å². The van der Waals surface area contributed by atoms with Crippen LogP contribution in [0.25, 0.3) is 11.8 Å². The Labute approximate surface area is 205 Å². The minimum atomic E-state index is -4.63. The molecule has 7 nitrogen and oxygen atoms in total. The summed E-state index contributed by atoms with van der Waals surface area (Å²) in [6.07, 6.45) is 3.23. The minimum Gasteiger partial charge on any atom is -0.479 e. The number of fused-ring (bicyclic) bond motifs is 1. The summed E-state index contributed by atoms with van der Waals surface area (Å²) < 4.78 is 61.9. The number of pyridine rings is 1. The number of hydrazine groups is 1. The molecular formula is C25H26F4N6O. The molecule has 2 saturated heterocycles. The number of hydrogen-bond donors (Lipinski definition) is 2. The second-order valence-electron chi connectivity index (χ2n) is 8.94. The van der Waals surface area contributed by atoms with Gasteiger partial charge in [0.25, 0.3) is 0 Å². The van der Waals surface area contributed by atoms with Gasteiger partial charge in [-0.3, -0.25) is 5.32 Å². The number of hydrogen-bond acceptors (Lipinski definition) is 6. The first-order valence-corrected chi connectivity index (χ1v) is 11.6. The fourth-order valence-electron chi connectivity index (χ4n) is 4.90. The minimum absolute atomic E-state index is 0.106. The van der Waals surface area contributed by atoms with Crippen LogP contribution in [0.2, 0.25) is 0 Å². The standard InChI is InChI=1S/C25H26F4N6O/c1-15-13-34(14-30-15)21-9-6-17(31-24(21)36-2)7-10-22-32-23-19(4-3-11-35(23)33-22)18-8-5-16(26)12-20(18)25(27,28)29/h5-10,12-14,19,22-23,32-33H,3-4,11H2,1-2H3/t19-,22?,23?/m0/s1. The van der Waals surface area contributed by atoms with Crippen LogP contribution >= 0.6 is 0 Å². The first-order chi connectivity index (χ1) is 17.2. The molecule has 2 unspecified atom stereocenters. The molecule has 2 aliphatic rings. The monoisotopic (exact) mass is 502 g/mol. The molecule has 0 aliphatic carbocycles. The summed E-state index contributed by atoms with van der Waals surface area (Å²) in [7, 11) is 1.55. The topological polar surface area (TPSA) is 67.2 Å². The Morgan fingerprint density at radius 2 is 2.03 bits per heavy atom. The van der Waals surface area contributed by atoms with E-state index >= 15 is 0 Å². The lowest BCUT2D eigenvalue weighted by Crippen LogP contribution is -2.47. The summed E-state index contributed by atoms with van der Waals surface area (Å²) in [5.74, 6) is -0.900. The van der Waals surface area contributed by atoms with Gasteiger partial charge < -0.3 is 9.30 Å². The second-order valence-corrected chi connectivity index (χ2v) is 8.94. The third-order valence-corrected chi connectivity index (χ3v) is 6.51. The van der Waals surface area contributed by atoms with Crippen LogP contribution < -0.4 is 15.5 Å². The summed E-state index contributed by atoms with van der Waals surface area (Å²) in [6, 6.07) is 6.67. The Kier molecular flexibility index (Phi) is 6.54. The number of alkyl halides is 3. The van der Waals surface area contributed by atoms with Gasteiger partial charge in [-0.25, -0.2) is 24.8 Å². The van der Waals surface area contributed by atoms with Crippen LogP contribution in [-0.2, 0) is 6.18 Å². The van der Waals surface area contributed by atoms with Gasteiger partial charge in [0.1, 0.15) is 11.5 Å². The highest BCUT2D eigenvalue weighted by Gasteiger charge is 2.43. The van der Waals surface area contributed by atoms with Crippen LogP contribution in [0.15, 0.2) is 48.9 Å². The highest BCUT2D eigenvalue weighted by atomic mass is 19.4. The lowest BCUT2D eigenvalue weighted by atomic mass is 9.85. The molecule has 3 aromatic rings. The molecule has 0 saturated carbocycles. The van der Waals surface area contributed by atoms with Gasteiger partial charge in [0.15, 0.2) is 0 Å². The van der Waals surface area contributed by atoms with Crippen molar-refractivity contribution in [2.24, 2.45) is 0 Å². The van der Waals surface area contributed by atoms with E-state index in [0.717, 1.165) is 23.9 Å². The summed E-state index contributed by atoms with van der Waals surface area (Å²) in [6.45, 7) is 2.58. The van der Waals surface area contributed by atoms with Gasteiger partial charge >= 0.3 is 6.18 Å². The fraction of sp³-hybridized carbons (Fsp3) is 0.360. The summed E-state index contributed by atoms with van der Waals surface area (Å²) in [4.78, 5) is 8.78. The third-order valence-electron chi connectivity index (χ3n) is 6.51. The van der Waals surface area contributed by atoms with Gasteiger partial charge in [0.2, 0.25) is 5.88 Å². The van der Waals surface area contributed by atoms with Crippen LogP contribution in [0.5, 0.6) is 5.88 Å². The van der Waals surface area contributed by atoms with Crippen molar-refractivity contribution >= 4 is 6.08 Å². The highest BCUT2D eigenvalue weighted by Crippen LogP contribution is 2.41. The molecule has 11 heteroatoms. The lowest BCUT2D eigenvalue weighted by molar-refractivity contribution is -0.138. The molecule has 4 heterocycles. The molecule has 36 heavy (non-hydrogen) atoms. The number of imidazole rings is 1. The van der Waals surface area contributed by atoms with E-state index in [9.17, 15) is 17.6 Å². The molecular weight excluding hydrogens is 476 g/mol. The second kappa shape index (κ2) is 9.64. The lowest BCUT2D eigenvalue weighted by Gasteiger charge is -2.36. The van der Waals surface area contributed by atoms with Crippen LogP contribution in [0.3, 0.4) is 0 Å². The van der Waals surface area contributed by atoms with Crippen molar-refractivity contribution in [3.63, 3.8) is 0 Å². The van der Waals surface area contributed by atoms with E-state index in [1.807, 2.05) is 47.0 Å². The summed E-state index contributed by atoms with van der Waals surface area (Å²) in [5, 5.41) is 5.29. The van der Waals surface area contributed by atoms with Gasteiger partial charge in [-0.15, -0.1) is 0 Å². The zero-order chi connectivity index (χ0) is 25.4. The summed E-state index contributed by atoms with van der Waals surface area (Å²) >= 11 is 0. The largest absolute Gasteiger partial charge is 0.479 e. The average Bonchev–Trinajstić information content (AvgIpc) is 3.47. The zero-order valence-corrected chi connectivity index (χ0v) is 19.8. The number of piperidine rings is 1. The Bertz CT molecular complexity index is 1270. The Balaban J connectivity index is 1.34. The Morgan fingerprint density at radius 1 is 1.19 bits per heavy atom. The predicted molar refractivity (Wildman–Crippen MR) is 126 cm³/mol. The Hall–Kier alpha value is -3.28. The van der Waals surface area contributed by atoms with Gasteiger partial charge in [0.05, 0.1) is 42.7 Å². The smallest absolute Gasteiger partial charge is 0.416 e. The van der Waals surface area contributed by atoms with Crippen molar-refractivity contribution < 1.29 is 22.3 Å². The molecule has 2 fully saturated rings. The van der Waals surface area contributed by atoms with E-state index in [4.69, 9.17) is 4.74 Å². The maximum Gasteiger partial charge on any atom is 0.416 e. The zero-order valence-electron chi connectivity index (χ0n) is 19.8. The van der Waals surface area contributed by atoms with Crippen LogP contribution in [-0.4, -0.2) is 45.5 Å². The molecule has 3 atom stereocenters. The quantitative estimate of drug-likeness (QED) is 0.505. The van der Waals surface area contributed by atoms with Gasteiger partial charge in [0, 0.05) is 18.7 Å². The fourth-order valence-corrected chi connectivity index (χ4v) is 4.90. The number of methoxy groups -OCH3 is 1. The predicted octanol–water partition coefficient (Wildman–Crippen LogP) is 4.40. The molecule has 0 bridgehead atoms. The average molecular weight is 503 g/mol. The number of aryl methyl sites for hydroxylation is 1. The number of nitrogens with zero attached hydrogens (tertiary/aromatic N) is 4. The molecule has 190 valence electrons. The molecule has 0 radical (unpaired) electrons. The SMILES string of the molecule is COc1nc(C=CC2NC3[C@H](c4ccc(F)cc4C(F)(F)F)CCCN3N2)ccc1-n1cnc(C)c1. The molecule has 1 aromatic carbocycles. The van der Waals surface area contributed by atoms with E-state index < -0.39 is 23.5 Å². The molecule has 5 rings (SSSR count). The van der Waals surface area contributed by atoms with Crippen molar-refractivity contribution in [2.45, 2.75) is 44.2 Å². The summed E-state index contributed by atoms with van der Waals surface area (Å²) in [5.41, 5.74) is 4.79. The van der Waals surface area contributed by atoms with Crippen molar-refractivity contribution in [3.8, 4) is 11.6 Å². The van der Waals surface area contributed by atoms with Gasteiger partial charge in [-0.2, -0.15) is 13.2 Å². The number of rotatable bonds is 5. The first-order valence-electron chi connectivity index (χ1n) is 11.6. The van der Waals surface area contributed by atoms with Crippen molar-refractivity contribution in [2.75, 3.05) is 13.7 Å². The van der Waals surface area contributed by atoms with E-state index in [2.05, 4.69) is 20.7 Å². The van der Waals surface area contributed by atoms with Crippen LogP contribution in [0.1, 0.15) is 41.3 Å². The number of halogens is 4. The Morgan fingerprint density at radius 3 is 2.75 bits per heavy atom. The molecule has 0 amide bonds. The van der Waals surface area contributed by atoms with E-state index in [0.29, 0.717) is 30.6 Å². The highest BCUT2D eigenvalue weighted by molar-refractivity contribution is 5.52. The van der Waals surface area contributed by atoms with E-state index in [-0.39, 0.29) is 17.9 Å². The number of benzene rings is 1. The van der Waals surface area contributed by atoms with E-state index in [1.54, 1.807) is 13.4 Å². The molecule has 2 aliphatic heterocycles. The van der Waals surface area contributed by atoms with Crippen molar-refractivity contribution in [1.82, 2.24) is 30.3 Å². The van der Waals surface area contributed by atoms with Gasteiger partial charge in [-0.1, -0.05) is 6.07 Å². The maximum atomic E-state index is 13.7.